The van der Waals surface area contributed by atoms with E-state index in [1.165, 1.54) is 15.1 Å². The quantitative estimate of drug-likeness (QED) is 0.476. The molecule has 1 aromatic heterocycles. The number of aryl methyl sites for hydroxylation is 3. The smallest absolute Gasteiger partial charge is 0.347 e. The van der Waals surface area contributed by atoms with Crippen molar-refractivity contribution in [1.82, 2.24) is 9.78 Å². The number of rotatable bonds is 6. The Kier molecular flexibility index (Phi) is 6.56. The highest BCUT2D eigenvalue weighted by atomic mass is 32.2. The molecule has 31 heavy (non-hydrogen) atoms. The number of aromatic nitrogens is 2. The Morgan fingerprint density at radius 2 is 1.97 bits per heavy atom. The molecule has 0 amide bonds. The molecule has 1 aromatic carbocycles. The van der Waals surface area contributed by atoms with E-state index < -0.39 is 12.1 Å². The molecule has 0 saturated heterocycles. The largest absolute Gasteiger partial charge is 0.463 e. The van der Waals surface area contributed by atoms with E-state index in [1.54, 1.807) is 27.8 Å². The number of esters is 1. The molecule has 0 bridgehead atoms. The van der Waals surface area contributed by atoms with Crippen LogP contribution in [-0.2, 0) is 22.0 Å². The van der Waals surface area contributed by atoms with Crippen molar-refractivity contribution in [2.24, 2.45) is 7.05 Å². The molecule has 0 fully saturated rings. The van der Waals surface area contributed by atoms with Gasteiger partial charge in [-0.3, -0.25) is 4.79 Å². The molecule has 0 N–H and O–H groups in total. The normalized spacial score (nSPS) is 15.9. The van der Waals surface area contributed by atoms with Crippen molar-refractivity contribution in [3.8, 4) is 5.88 Å². The number of benzene rings is 1. The van der Waals surface area contributed by atoms with Gasteiger partial charge < -0.3 is 9.47 Å². The Morgan fingerprint density at radius 3 is 2.61 bits per heavy atom. The summed E-state index contributed by atoms with van der Waals surface area (Å²) in [5.41, 5.74) is 5.02. The first kappa shape index (κ1) is 23.4. The zero-order chi connectivity index (χ0) is 23.1. The van der Waals surface area contributed by atoms with Crippen LogP contribution in [0.3, 0.4) is 0 Å². The molecule has 7 heteroatoms. The summed E-state index contributed by atoms with van der Waals surface area (Å²) < 4.78 is 12.4. The second kappa shape index (κ2) is 8.69. The molecule has 0 spiro atoms. The maximum absolute atomic E-state index is 13.8. The summed E-state index contributed by atoms with van der Waals surface area (Å²) in [5, 5.41) is 4.40. The van der Waals surface area contributed by atoms with E-state index in [4.69, 9.17) is 9.47 Å². The van der Waals surface area contributed by atoms with Crippen LogP contribution in [0.15, 0.2) is 11.0 Å². The van der Waals surface area contributed by atoms with Gasteiger partial charge in [0.25, 0.3) is 0 Å². The molecule has 2 aromatic rings. The summed E-state index contributed by atoms with van der Waals surface area (Å²) >= 11 is 1.87. The Balaban J connectivity index is 2.09. The molecule has 1 aliphatic rings. The first-order valence-corrected chi connectivity index (χ1v) is 11.7. The molecule has 2 heterocycles. The Hall–Kier alpha value is -2.28. The average Bonchev–Trinajstić information content (AvgIpc) is 2.96. The van der Waals surface area contributed by atoms with E-state index in [2.05, 4.69) is 25.9 Å². The number of carbonyl (C=O) groups excluding carboxylic acids is 2. The minimum absolute atomic E-state index is 0.00739. The van der Waals surface area contributed by atoms with Crippen LogP contribution < -0.4 is 4.74 Å². The first-order chi connectivity index (χ1) is 14.5. The standard InChI is InChI=1S/C24H32N2O4S/c1-9-29-23(28)16(5)30-22-18(15(4)25-26(22)8)20(27)17-12-13(2)21-19(14(17)3)24(6,7)10-11-31-21/h12,16H,9-11H2,1-8H3. The molecule has 1 atom stereocenters. The number of ketones is 1. The SMILES string of the molecule is CCOC(=O)C(C)Oc1c(C(=O)c2cc(C)c3c(c2C)C(C)(C)CCS3)c(C)nn1C. The molecule has 1 unspecified atom stereocenters. The number of hydrogen-bond donors (Lipinski definition) is 0. The van der Waals surface area contributed by atoms with E-state index in [1.807, 2.05) is 24.8 Å². The molecule has 0 radical (unpaired) electrons. The van der Waals surface area contributed by atoms with E-state index in [9.17, 15) is 9.59 Å². The fraction of sp³-hybridized carbons (Fsp3) is 0.542. The van der Waals surface area contributed by atoms with Gasteiger partial charge in [-0.1, -0.05) is 13.8 Å². The molecule has 0 saturated carbocycles. The third-order valence-corrected chi connectivity index (χ3v) is 7.15. The molecule has 0 aliphatic carbocycles. The highest BCUT2D eigenvalue weighted by molar-refractivity contribution is 7.99. The third-order valence-electron chi connectivity index (χ3n) is 5.92. The van der Waals surface area contributed by atoms with Crippen LogP contribution in [0.2, 0.25) is 0 Å². The Labute approximate surface area is 188 Å². The van der Waals surface area contributed by atoms with E-state index in [-0.39, 0.29) is 23.7 Å². The van der Waals surface area contributed by atoms with Gasteiger partial charge in [0.05, 0.1) is 12.3 Å². The topological polar surface area (TPSA) is 70.4 Å². The maximum Gasteiger partial charge on any atom is 0.347 e. The predicted molar refractivity (Wildman–Crippen MR) is 122 cm³/mol. The van der Waals surface area contributed by atoms with Crippen molar-refractivity contribution in [2.75, 3.05) is 12.4 Å². The molecular weight excluding hydrogens is 412 g/mol. The summed E-state index contributed by atoms with van der Waals surface area (Å²) in [4.78, 5) is 27.2. The van der Waals surface area contributed by atoms with Crippen LogP contribution in [0.4, 0.5) is 0 Å². The van der Waals surface area contributed by atoms with Gasteiger partial charge in [0, 0.05) is 17.5 Å². The molecule has 3 rings (SSSR count). The Morgan fingerprint density at radius 1 is 1.29 bits per heavy atom. The lowest BCUT2D eigenvalue weighted by Crippen LogP contribution is -2.28. The lowest BCUT2D eigenvalue weighted by atomic mass is 9.76. The Bertz CT molecular complexity index is 1040. The second-order valence-corrected chi connectivity index (χ2v) is 9.89. The van der Waals surface area contributed by atoms with Crippen molar-refractivity contribution in [3.63, 3.8) is 0 Å². The third kappa shape index (κ3) is 4.25. The van der Waals surface area contributed by atoms with Crippen LogP contribution in [-0.4, -0.2) is 40.0 Å². The van der Waals surface area contributed by atoms with Gasteiger partial charge in [-0.25, -0.2) is 9.48 Å². The number of nitrogens with zero attached hydrogens (tertiary/aromatic N) is 2. The van der Waals surface area contributed by atoms with Gasteiger partial charge in [-0.2, -0.15) is 5.10 Å². The number of hydrogen-bond acceptors (Lipinski definition) is 6. The molecule has 168 valence electrons. The van der Waals surface area contributed by atoms with Crippen LogP contribution in [0, 0.1) is 20.8 Å². The van der Waals surface area contributed by atoms with Crippen LogP contribution >= 0.6 is 11.8 Å². The zero-order valence-electron chi connectivity index (χ0n) is 19.7. The number of carbonyl (C=O) groups is 2. The van der Waals surface area contributed by atoms with E-state index >= 15 is 0 Å². The summed E-state index contributed by atoms with van der Waals surface area (Å²) in [6.07, 6.45) is 0.225. The van der Waals surface area contributed by atoms with Crippen LogP contribution in [0.1, 0.15) is 72.4 Å². The van der Waals surface area contributed by atoms with Gasteiger partial charge in [-0.05, 0) is 75.0 Å². The lowest BCUT2D eigenvalue weighted by molar-refractivity contribution is -0.150. The minimum Gasteiger partial charge on any atom is -0.463 e. The molecular formula is C24H32N2O4S. The van der Waals surface area contributed by atoms with Crippen molar-refractivity contribution >= 4 is 23.5 Å². The fourth-order valence-electron chi connectivity index (χ4n) is 4.31. The van der Waals surface area contributed by atoms with Crippen molar-refractivity contribution in [2.45, 2.75) is 71.3 Å². The summed E-state index contributed by atoms with van der Waals surface area (Å²) in [6, 6.07) is 1.98. The monoisotopic (exact) mass is 444 g/mol. The van der Waals surface area contributed by atoms with Crippen LogP contribution in [0.5, 0.6) is 5.88 Å². The zero-order valence-corrected chi connectivity index (χ0v) is 20.5. The fourth-order valence-corrected chi connectivity index (χ4v) is 5.98. The average molecular weight is 445 g/mol. The van der Waals surface area contributed by atoms with Crippen molar-refractivity contribution < 1.29 is 19.1 Å². The van der Waals surface area contributed by atoms with Gasteiger partial charge >= 0.3 is 5.97 Å². The molecule has 6 nitrogen and oxygen atoms in total. The van der Waals surface area contributed by atoms with Gasteiger partial charge in [0.15, 0.2) is 6.10 Å². The summed E-state index contributed by atoms with van der Waals surface area (Å²) in [5.74, 6) is 0.760. The first-order valence-electron chi connectivity index (χ1n) is 10.7. The number of fused-ring (bicyclic) bond motifs is 1. The summed E-state index contributed by atoms with van der Waals surface area (Å²) in [7, 11) is 1.71. The molecule has 1 aliphatic heterocycles. The van der Waals surface area contributed by atoms with Crippen molar-refractivity contribution in [3.05, 3.63) is 39.6 Å². The van der Waals surface area contributed by atoms with E-state index in [0.29, 0.717) is 16.8 Å². The van der Waals surface area contributed by atoms with Gasteiger partial charge in [-0.15, -0.1) is 11.8 Å². The lowest BCUT2D eigenvalue weighted by Gasteiger charge is -2.35. The predicted octanol–water partition coefficient (Wildman–Crippen LogP) is 4.68. The van der Waals surface area contributed by atoms with E-state index in [0.717, 1.165) is 23.3 Å². The number of thioether (sulfide) groups is 1. The minimum atomic E-state index is -0.844. The van der Waals surface area contributed by atoms with Crippen LogP contribution in [0.25, 0.3) is 0 Å². The number of ether oxygens (including phenoxy) is 2. The summed E-state index contributed by atoms with van der Waals surface area (Å²) in [6.45, 7) is 14.0. The highest BCUT2D eigenvalue weighted by Gasteiger charge is 2.34. The highest BCUT2D eigenvalue weighted by Crippen LogP contribution is 2.46. The van der Waals surface area contributed by atoms with Gasteiger partial charge in [0.2, 0.25) is 11.7 Å². The van der Waals surface area contributed by atoms with Crippen molar-refractivity contribution in [1.29, 1.82) is 0 Å². The second-order valence-electron chi connectivity index (χ2n) is 8.78. The van der Waals surface area contributed by atoms with Gasteiger partial charge in [0.1, 0.15) is 5.56 Å². The maximum atomic E-state index is 13.8.